The summed E-state index contributed by atoms with van der Waals surface area (Å²) in [6.45, 7) is 0.900. The zero-order valence-electron chi connectivity index (χ0n) is 16.2. The molecule has 0 spiro atoms. The predicted molar refractivity (Wildman–Crippen MR) is 111 cm³/mol. The number of aryl methyl sites for hydroxylation is 1. The molecule has 0 atom stereocenters. The van der Waals surface area contributed by atoms with Gasteiger partial charge >= 0.3 is 6.03 Å². The van der Waals surface area contributed by atoms with Crippen molar-refractivity contribution in [2.45, 2.75) is 25.9 Å². The van der Waals surface area contributed by atoms with Gasteiger partial charge in [-0.3, -0.25) is 9.89 Å². The minimum atomic E-state index is -0.210. The number of nitrogens with zero attached hydrogens (tertiary/aromatic N) is 2. The summed E-state index contributed by atoms with van der Waals surface area (Å²) >= 11 is 0. The number of anilines is 1. The van der Waals surface area contributed by atoms with Crippen LogP contribution in [0.5, 0.6) is 0 Å². The average Bonchev–Trinajstić information content (AvgIpc) is 3.12. The van der Waals surface area contributed by atoms with Gasteiger partial charge in [-0.1, -0.05) is 36.4 Å². The number of amides is 3. The number of hydrogen-bond donors (Lipinski definition) is 3. The highest BCUT2D eigenvalue weighted by Crippen LogP contribution is 2.21. The fourth-order valence-corrected chi connectivity index (χ4v) is 3.39. The summed E-state index contributed by atoms with van der Waals surface area (Å²) in [6, 6.07) is 17.4. The van der Waals surface area contributed by atoms with Gasteiger partial charge in [0.05, 0.1) is 17.9 Å². The number of aromatic nitrogens is 2. The SMILES string of the molecule is CN(Cc1cc(-c2ccccc2)n[nH]1)C(=O)Nc1ccc2c(c1)CNC(=O)CC2. The molecule has 0 bridgehead atoms. The average molecular weight is 389 g/mol. The molecule has 7 nitrogen and oxygen atoms in total. The molecule has 3 aromatic rings. The predicted octanol–water partition coefficient (Wildman–Crippen LogP) is 3.30. The maximum absolute atomic E-state index is 12.6. The van der Waals surface area contributed by atoms with Crippen LogP contribution in [-0.4, -0.2) is 34.1 Å². The number of fused-ring (bicyclic) bond motifs is 1. The molecule has 3 N–H and O–H groups in total. The van der Waals surface area contributed by atoms with E-state index in [0.717, 1.165) is 34.5 Å². The molecular formula is C22H23N5O2. The monoisotopic (exact) mass is 389 g/mol. The van der Waals surface area contributed by atoms with E-state index in [1.807, 2.05) is 54.6 Å². The topological polar surface area (TPSA) is 90.1 Å². The molecule has 0 aliphatic carbocycles. The number of hydrogen-bond acceptors (Lipinski definition) is 3. The molecule has 1 aliphatic rings. The number of aromatic amines is 1. The van der Waals surface area contributed by atoms with E-state index in [1.165, 1.54) is 0 Å². The molecule has 0 saturated carbocycles. The van der Waals surface area contributed by atoms with Crippen LogP contribution in [0.25, 0.3) is 11.3 Å². The highest BCUT2D eigenvalue weighted by atomic mass is 16.2. The van der Waals surface area contributed by atoms with Gasteiger partial charge in [0.25, 0.3) is 0 Å². The Labute approximate surface area is 169 Å². The minimum Gasteiger partial charge on any atom is -0.352 e. The molecule has 0 fully saturated rings. The van der Waals surface area contributed by atoms with Crippen molar-refractivity contribution >= 4 is 17.6 Å². The summed E-state index contributed by atoms with van der Waals surface area (Å²) in [5.74, 6) is 0.0564. The molecule has 0 radical (unpaired) electrons. The number of benzene rings is 2. The first kappa shape index (κ1) is 18.7. The first-order valence-electron chi connectivity index (χ1n) is 9.59. The zero-order chi connectivity index (χ0) is 20.2. The van der Waals surface area contributed by atoms with Gasteiger partial charge in [0.2, 0.25) is 5.91 Å². The summed E-state index contributed by atoms with van der Waals surface area (Å²) in [7, 11) is 1.74. The van der Waals surface area contributed by atoms with Crippen LogP contribution in [0.4, 0.5) is 10.5 Å². The van der Waals surface area contributed by atoms with Crippen LogP contribution in [0, 0.1) is 0 Å². The van der Waals surface area contributed by atoms with Crippen LogP contribution in [0.3, 0.4) is 0 Å². The lowest BCUT2D eigenvalue weighted by atomic mass is 10.0. The number of H-pyrrole nitrogens is 1. The van der Waals surface area contributed by atoms with Crippen molar-refractivity contribution in [3.8, 4) is 11.3 Å². The van der Waals surface area contributed by atoms with Crippen LogP contribution < -0.4 is 10.6 Å². The second kappa shape index (κ2) is 8.18. The van der Waals surface area contributed by atoms with Gasteiger partial charge in [0, 0.05) is 31.3 Å². The number of carbonyl (C=O) groups is 2. The van der Waals surface area contributed by atoms with Crippen molar-refractivity contribution in [2.75, 3.05) is 12.4 Å². The molecule has 0 unspecified atom stereocenters. The Kier molecular flexibility index (Phi) is 5.29. The lowest BCUT2D eigenvalue weighted by Crippen LogP contribution is -2.31. The maximum Gasteiger partial charge on any atom is 0.321 e. The van der Waals surface area contributed by atoms with E-state index >= 15 is 0 Å². The van der Waals surface area contributed by atoms with E-state index in [0.29, 0.717) is 25.2 Å². The standard InChI is InChI=1S/C22H23N5O2/c1-27(14-19-12-20(26-25-19)16-5-3-2-4-6-16)22(29)24-18-9-7-15-8-10-21(28)23-13-17(15)11-18/h2-7,9,11-12H,8,10,13-14H2,1H3,(H,23,28)(H,24,29)(H,25,26). The fourth-order valence-electron chi connectivity index (χ4n) is 3.39. The summed E-state index contributed by atoms with van der Waals surface area (Å²) in [5.41, 5.74) is 5.62. The summed E-state index contributed by atoms with van der Waals surface area (Å²) < 4.78 is 0. The molecule has 0 saturated heterocycles. The lowest BCUT2D eigenvalue weighted by Gasteiger charge is -2.18. The third-order valence-electron chi connectivity index (χ3n) is 5.01. The highest BCUT2D eigenvalue weighted by molar-refractivity contribution is 5.89. The second-order valence-electron chi connectivity index (χ2n) is 7.19. The van der Waals surface area contributed by atoms with Crippen molar-refractivity contribution < 1.29 is 9.59 Å². The van der Waals surface area contributed by atoms with Gasteiger partial charge in [-0.2, -0.15) is 5.10 Å². The Morgan fingerprint density at radius 3 is 2.76 bits per heavy atom. The molecule has 29 heavy (non-hydrogen) atoms. The molecule has 1 aromatic heterocycles. The van der Waals surface area contributed by atoms with Gasteiger partial charge in [-0.15, -0.1) is 0 Å². The van der Waals surface area contributed by atoms with Crippen LogP contribution in [0.2, 0.25) is 0 Å². The largest absolute Gasteiger partial charge is 0.352 e. The van der Waals surface area contributed by atoms with Crippen molar-refractivity contribution in [3.63, 3.8) is 0 Å². The van der Waals surface area contributed by atoms with Crippen molar-refractivity contribution in [2.24, 2.45) is 0 Å². The highest BCUT2D eigenvalue weighted by Gasteiger charge is 2.15. The molecule has 2 heterocycles. The molecule has 4 rings (SSSR count). The van der Waals surface area contributed by atoms with Crippen molar-refractivity contribution in [1.82, 2.24) is 20.4 Å². The van der Waals surface area contributed by atoms with Crippen LogP contribution in [0.15, 0.2) is 54.6 Å². The minimum absolute atomic E-state index is 0.0564. The normalized spacial score (nSPS) is 13.2. The third kappa shape index (κ3) is 4.45. The number of rotatable bonds is 4. The van der Waals surface area contributed by atoms with E-state index in [2.05, 4.69) is 20.8 Å². The Morgan fingerprint density at radius 1 is 1.10 bits per heavy atom. The number of carbonyl (C=O) groups excluding carboxylic acids is 2. The van der Waals surface area contributed by atoms with Crippen molar-refractivity contribution in [3.05, 3.63) is 71.4 Å². The molecule has 2 aromatic carbocycles. The molecule has 1 aliphatic heterocycles. The van der Waals surface area contributed by atoms with E-state index < -0.39 is 0 Å². The smallest absolute Gasteiger partial charge is 0.321 e. The van der Waals surface area contributed by atoms with Gasteiger partial charge in [-0.05, 0) is 35.7 Å². The Morgan fingerprint density at radius 2 is 1.93 bits per heavy atom. The van der Waals surface area contributed by atoms with E-state index in [-0.39, 0.29) is 11.9 Å². The van der Waals surface area contributed by atoms with Crippen LogP contribution in [-0.2, 0) is 24.3 Å². The Balaban J connectivity index is 1.39. The Hall–Kier alpha value is -3.61. The Bertz CT molecular complexity index is 1030. The van der Waals surface area contributed by atoms with Crippen LogP contribution in [0.1, 0.15) is 23.2 Å². The van der Waals surface area contributed by atoms with Crippen molar-refractivity contribution in [1.29, 1.82) is 0 Å². The van der Waals surface area contributed by atoms with E-state index in [4.69, 9.17) is 0 Å². The van der Waals surface area contributed by atoms with Gasteiger partial charge in [-0.25, -0.2) is 4.79 Å². The summed E-state index contributed by atoms with van der Waals surface area (Å²) in [4.78, 5) is 25.8. The fraction of sp³-hybridized carbons (Fsp3) is 0.227. The van der Waals surface area contributed by atoms with Gasteiger partial charge in [0.15, 0.2) is 0 Å². The van der Waals surface area contributed by atoms with E-state index in [9.17, 15) is 9.59 Å². The zero-order valence-corrected chi connectivity index (χ0v) is 16.2. The quantitative estimate of drug-likeness (QED) is 0.639. The first-order valence-corrected chi connectivity index (χ1v) is 9.59. The molecular weight excluding hydrogens is 366 g/mol. The van der Waals surface area contributed by atoms with Gasteiger partial charge < -0.3 is 15.5 Å². The molecule has 148 valence electrons. The molecule has 7 heteroatoms. The van der Waals surface area contributed by atoms with Gasteiger partial charge in [0.1, 0.15) is 0 Å². The number of urea groups is 1. The molecule has 3 amide bonds. The second-order valence-corrected chi connectivity index (χ2v) is 7.19. The first-order chi connectivity index (χ1) is 14.1. The lowest BCUT2D eigenvalue weighted by molar-refractivity contribution is -0.121. The summed E-state index contributed by atoms with van der Waals surface area (Å²) in [6.07, 6.45) is 1.22. The van der Waals surface area contributed by atoms with E-state index in [1.54, 1.807) is 11.9 Å². The summed E-state index contributed by atoms with van der Waals surface area (Å²) in [5, 5.41) is 13.1. The maximum atomic E-state index is 12.6. The third-order valence-corrected chi connectivity index (χ3v) is 5.01. The number of nitrogens with one attached hydrogen (secondary N) is 3. The van der Waals surface area contributed by atoms with Crippen LogP contribution >= 0.6 is 0 Å².